The molecular weight excluding hydrogens is 364 g/mol. The SMILES string of the molecule is CCCCC/C=C\C/C=C\CCCCCCCCC(=O)CCCCCCCCCC. The highest BCUT2D eigenvalue weighted by atomic mass is 16.1. The molecule has 0 aromatic carbocycles. The van der Waals surface area contributed by atoms with E-state index in [1.54, 1.807) is 0 Å². The third-order valence-electron chi connectivity index (χ3n) is 5.97. The van der Waals surface area contributed by atoms with Gasteiger partial charge in [0.15, 0.2) is 0 Å². The zero-order valence-electron chi connectivity index (χ0n) is 20.8. The molecule has 0 rings (SSSR count). The molecule has 0 aromatic rings. The van der Waals surface area contributed by atoms with Crippen molar-refractivity contribution in [1.82, 2.24) is 0 Å². The molecule has 176 valence electrons. The monoisotopic (exact) mass is 418 g/mol. The molecule has 1 nitrogen and oxygen atoms in total. The Labute approximate surface area is 190 Å². The lowest BCUT2D eigenvalue weighted by molar-refractivity contribution is -0.119. The summed E-state index contributed by atoms with van der Waals surface area (Å²) in [5.41, 5.74) is 0. The van der Waals surface area contributed by atoms with Gasteiger partial charge < -0.3 is 0 Å². The summed E-state index contributed by atoms with van der Waals surface area (Å²) in [6, 6.07) is 0. The maximum Gasteiger partial charge on any atom is 0.132 e. The number of unbranched alkanes of at least 4 members (excludes halogenated alkanes) is 16. The molecule has 1 heteroatoms. The molecule has 0 aliphatic rings. The molecule has 0 saturated carbocycles. The van der Waals surface area contributed by atoms with Crippen LogP contribution in [-0.4, -0.2) is 5.78 Å². The van der Waals surface area contributed by atoms with Crippen LogP contribution in [0, 0.1) is 0 Å². The lowest BCUT2D eigenvalue weighted by atomic mass is 10.0. The van der Waals surface area contributed by atoms with Gasteiger partial charge >= 0.3 is 0 Å². The second-order valence-electron chi connectivity index (χ2n) is 9.10. The van der Waals surface area contributed by atoms with Crippen LogP contribution in [0.25, 0.3) is 0 Å². The van der Waals surface area contributed by atoms with Gasteiger partial charge in [0.2, 0.25) is 0 Å². The molecule has 0 heterocycles. The number of allylic oxidation sites excluding steroid dienone is 4. The first-order valence-corrected chi connectivity index (χ1v) is 13.6. The Morgan fingerprint density at radius 1 is 0.467 bits per heavy atom. The van der Waals surface area contributed by atoms with Crippen LogP contribution in [0.1, 0.15) is 155 Å². The van der Waals surface area contributed by atoms with Gasteiger partial charge in [-0.2, -0.15) is 0 Å². The number of carbonyl (C=O) groups is 1. The first kappa shape index (κ1) is 29.1. The van der Waals surface area contributed by atoms with Crippen molar-refractivity contribution >= 4 is 5.78 Å². The van der Waals surface area contributed by atoms with Gasteiger partial charge in [-0.3, -0.25) is 4.79 Å². The Kier molecular flexibility index (Phi) is 25.4. The Balaban J connectivity index is 3.24. The Bertz CT molecular complexity index is 393. The van der Waals surface area contributed by atoms with Crippen LogP contribution in [0.15, 0.2) is 24.3 Å². The van der Waals surface area contributed by atoms with Crippen LogP contribution >= 0.6 is 0 Å². The molecule has 0 N–H and O–H groups in total. The van der Waals surface area contributed by atoms with Crippen molar-refractivity contribution in [2.45, 2.75) is 155 Å². The van der Waals surface area contributed by atoms with Crippen molar-refractivity contribution in [3.63, 3.8) is 0 Å². The minimum absolute atomic E-state index is 0.505. The van der Waals surface area contributed by atoms with Crippen molar-refractivity contribution in [3.05, 3.63) is 24.3 Å². The predicted octanol–water partition coefficient (Wildman–Crippen LogP) is 10.3. The molecular formula is C29H54O. The zero-order valence-corrected chi connectivity index (χ0v) is 20.8. The van der Waals surface area contributed by atoms with Crippen LogP contribution in [0.3, 0.4) is 0 Å². The summed E-state index contributed by atoms with van der Waals surface area (Å²) in [6.45, 7) is 4.52. The summed E-state index contributed by atoms with van der Waals surface area (Å²) < 4.78 is 0. The van der Waals surface area contributed by atoms with Gasteiger partial charge in [-0.1, -0.05) is 122 Å². The van der Waals surface area contributed by atoms with Crippen LogP contribution in [-0.2, 0) is 4.79 Å². The highest BCUT2D eigenvalue weighted by Gasteiger charge is 2.02. The lowest BCUT2D eigenvalue weighted by Gasteiger charge is -2.03. The highest BCUT2D eigenvalue weighted by molar-refractivity contribution is 5.78. The van der Waals surface area contributed by atoms with Crippen molar-refractivity contribution in [2.24, 2.45) is 0 Å². The molecule has 0 saturated heterocycles. The van der Waals surface area contributed by atoms with Crippen molar-refractivity contribution < 1.29 is 4.79 Å². The molecule has 0 aliphatic heterocycles. The van der Waals surface area contributed by atoms with Gasteiger partial charge in [-0.25, -0.2) is 0 Å². The van der Waals surface area contributed by atoms with E-state index < -0.39 is 0 Å². The number of carbonyl (C=O) groups excluding carboxylic acids is 1. The van der Waals surface area contributed by atoms with Crippen molar-refractivity contribution in [1.29, 1.82) is 0 Å². The third-order valence-corrected chi connectivity index (χ3v) is 5.97. The molecule has 0 aliphatic carbocycles. The summed E-state index contributed by atoms with van der Waals surface area (Å²) in [5, 5.41) is 0. The summed E-state index contributed by atoms with van der Waals surface area (Å²) in [7, 11) is 0. The maximum absolute atomic E-state index is 12.0. The fourth-order valence-corrected chi connectivity index (χ4v) is 3.89. The van der Waals surface area contributed by atoms with Crippen LogP contribution in [0.4, 0.5) is 0 Å². The fraction of sp³-hybridized carbons (Fsp3) is 0.828. The van der Waals surface area contributed by atoms with E-state index in [2.05, 4.69) is 38.2 Å². The Hall–Kier alpha value is -0.850. The topological polar surface area (TPSA) is 17.1 Å². The molecule has 0 unspecified atom stereocenters. The number of ketones is 1. The largest absolute Gasteiger partial charge is 0.300 e. The lowest BCUT2D eigenvalue weighted by Crippen LogP contribution is -1.97. The predicted molar refractivity (Wildman–Crippen MR) is 136 cm³/mol. The molecule has 0 spiro atoms. The van der Waals surface area contributed by atoms with Gasteiger partial charge in [-0.15, -0.1) is 0 Å². The molecule has 0 atom stereocenters. The van der Waals surface area contributed by atoms with E-state index >= 15 is 0 Å². The Morgan fingerprint density at radius 2 is 0.833 bits per heavy atom. The van der Waals surface area contributed by atoms with Crippen LogP contribution in [0.5, 0.6) is 0 Å². The first-order chi connectivity index (χ1) is 14.8. The molecule has 0 bridgehead atoms. The van der Waals surface area contributed by atoms with E-state index in [4.69, 9.17) is 0 Å². The van der Waals surface area contributed by atoms with E-state index in [0.29, 0.717) is 5.78 Å². The summed E-state index contributed by atoms with van der Waals surface area (Å²) >= 11 is 0. The van der Waals surface area contributed by atoms with Gasteiger partial charge in [0.05, 0.1) is 0 Å². The average molecular weight is 419 g/mol. The standard InChI is InChI=1S/C29H54O/c1-3-5-7-9-11-13-14-15-16-17-18-19-20-22-24-26-28-29(30)27-25-23-21-12-10-8-6-4-2/h11,13,15-16H,3-10,12,14,17-28H2,1-2H3/b13-11-,16-15-. The van der Waals surface area contributed by atoms with E-state index in [-0.39, 0.29) is 0 Å². The summed E-state index contributed by atoms with van der Waals surface area (Å²) in [4.78, 5) is 12.0. The van der Waals surface area contributed by atoms with E-state index in [1.807, 2.05) is 0 Å². The van der Waals surface area contributed by atoms with Gasteiger partial charge in [-0.05, 0) is 44.9 Å². The number of hydrogen-bond donors (Lipinski definition) is 0. The molecule has 0 radical (unpaired) electrons. The first-order valence-electron chi connectivity index (χ1n) is 13.6. The number of Topliss-reactive ketones (excluding diaryl/α,β-unsaturated/α-hetero) is 1. The fourth-order valence-electron chi connectivity index (χ4n) is 3.89. The molecule has 30 heavy (non-hydrogen) atoms. The second-order valence-corrected chi connectivity index (χ2v) is 9.10. The minimum Gasteiger partial charge on any atom is -0.300 e. The molecule has 0 amide bonds. The normalized spacial score (nSPS) is 11.8. The van der Waals surface area contributed by atoms with Crippen molar-refractivity contribution in [2.75, 3.05) is 0 Å². The van der Waals surface area contributed by atoms with Crippen LogP contribution in [0.2, 0.25) is 0 Å². The maximum atomic E-state index is 12.0. The van der Waals surface area contributed by atoms with E-state index in [1.165, 1.54) is 109 Å². The van der Waals surface area contributed by atoms with Gasteiger partial charge in [0, 0.05) is 12.8 Å². The molecule has 0 aromatic heterocycles. The zero-order chi connectivity index (χ0) is 22.0. The van der Waals surface area contributed by atoms with E-state index in [0.717, 1.165) is 32.1 Å². The van der Waals surface area contributed by atoms with Crippen molar-refractivity contribution in [3.8, 4) is 0 Å². The summed E-state index contributed by atoms with van der Waals surface area (Å²) in [6.07, 6.45) is 36.7. The smallest absolute Gasteiger partial charge is 0.132 e. The van der Waals surface area contributed by atoms with Gasteiger partial charge in [0.1, 0.15) is 5.78 Å². The van der Waals surface area contributed by atoms with Gasteiger partial charge in [0.25, 0.3) is 0 Å². The third kappa shape index (κ3) is 25.2. The second kappa shape index (κ2) is 26.2. The number of hydrogen-bond acceptors (Lipinski definition) is 1. The quantitative estimate of drug-likeness (QED) is 0.112. The van der Waals surface area contributed by atoms with Crippen LogP contribution < -0.4 is 0 Å². The average Bonchev–Trinajstić information content (AvgIpc) is 2.75. The Morgan fingerprint density at radius 3 is 1.33 bits per heavy atom. The van der Waals surface area contributed by atoms with E-state index in [9.17, 15) is 4.79 Å². The highest BCUT2D eigenvalue weighted by Crippen LogP contribution is 2.13. The minimum atomic E-state index is 0.505. The summed E-state index contributed by atoms with van der Waals surface area (Å²) in [5.74, 6) is 0.505. The molecule has 0 fully saturated rings. The number of rotatable bonds is 24.